The van der Waals surface area contributed by atoms with Gasteiger partial charge in [-0.3, -0.25) is 4.79 Å². The number of benzene rings is 2. The van der Waals surface area contributed by atoms with Crippen LogP contribution in [0, 0.1) is 0 Å². The van der Waals surface area contributed by atoms with Crippen molar-refractivity contribution in [2.45, 2.75) is 13.0 Å². The molecule has 1 unspecified atom stereocenters. The van der Waals surface area contributed by atoms with E-state index in [1.165, 1.54) is 0 Å². The van der Waals surface area contributed by atoms with Gasteiger partial charge in [-0.15, -0.1) is 0 Å². The van der Waals surface area contributed by atoms with Gasteiger partial charge in [-0.1, -0.05) is 12.1 Å². The summed E-state index contributed by atoms with van der Waals surface area (Å²) < 4.78 is 21.2. The topological polar surface area (TPSA) is 66.0 Å². The summed E-state index contributed by atoms with van der Waals surface area (Å²) in [5.74, 6) is 1.65. The van der Waals surface area contributed by atoms with Gasteiger partial charge in [0.25, 0.3) is 5.91 Å². The Kier molecular flexibility index (Phi) is 7.29. The maximum atomic E-state index is 12.7. The van der Waals surface area contributed by atoms with Gasteiger partial charge in [-0.05, 0) is 31.2 Å². The number of hydrogen-bond acceptors (Lipinski definition) is 5. The highest BCUT2D eigenvalue weighted by Gasteiger charge is 2.18. The first-order chi connectivity index (χ1) is 12.6. The number of para-hydroxylation sites is 1. The predicted molar refractivity (Wildman–Crippen MR) is 99.2 cm³/mol. The summed E-state index contributed by atoms with van der Waals surface area (Å²) in [5, 5.41) is 2.98. The number of rotatable bonds is 9. The van der Waals surface area contributed by atoms with Crippen molar-refractivity contribution >= 4 is 5.91 Å². The van der Waals surface area contributed by atoms with Crippen LogP contribution in [0.5, 0.6) is 17.2 Å². The Morgan fingerprint density at radius 1 is 1.00 bits per heavy atom. The minimum Gasteiger partial charge on any atom is -0.497 e. The van der Waals surface area contributed by atoms with E-state index in [9.17, 15) is 4.79 Å². The zero-order valence-corrected chi connectivity index (χ0v) is 15.6. The lowest BCUT2D eigenvalue weighted by atomic mass is 10.1. The zero-order valence-electron chi connectivity index (χ0n) is 15.6. The Morgan fingerprint density at radius 2 is 1.77 bits per heavy atom. The Balaban J connectivity index is 2.15. The molecule has 0 aliphatic carbocycles. The van der Waals surface area contributed by atoms with Crippen LogP contribution in [0.1, 0.15) is 28.9 Å². The molecule has 0 aliphatic rings. The molecule has 0 aliphatic heterocycles. The number of amides is 1. The molecule has 6 heteroatoms. The molecule has 0 saturated carbocycles. The maximum absolute atomic E-state index is 12.7. The van der Waals surface area contributed by atoms with E-state index in [1.54, 1.807) is 45.6 Å². The summed E-state index contributed by atoms with van der Waals surface area (Å²) in [6, 6.07) is 12.4. The fraction of sp³-hybridized carbons (Fsp3) is 0.350. The molecular weight excluding hydrogens is 334 g/mol. The van der Waals surface area contributed by atoms with Gasteiger partial charge in [0.2, 0.25) is 0 Å². The van der Waals surface area contributed by atoms with Crippen LogP contribution in [0.15, 0.2) is 42.5 Å². The molecular formula is C20H25NO5. The second kappa shape index (κ2) is 9.68. The summed E-state index contributed by atoms with van der Waals surface area (Å²) >= 11 is 0. The maximum Gasteiger partial charge on any atom is 0.255 e. The van der Waals surface area contributed by atoms with Crippen LogP contribution in [0.25, 0.3) is 0 Å². The number of hydrogen-bond donors (Lipinski definition) is 1. The minimum absolute atomic E-state index is 0.219. The smallest absolute Gasteiger partial charge is 0.255 e. The normalized spacial score (nSPS) is 11.5. The van der Waals surface area contributed by atoms with E-state index in [4.69, 9.17) is 18.9 Å². The van der Waals surface area contributed by atoms with E-state index in [0.29, 0.717) is 36.0 Å². The number of methoxy groups -OCH3 is 3. The first kappa shape index (κ1) is 19.6. The van der Waals surface area contributed by atoms with E-state index >= 15 is 0 Å². The molecule has 1 atom stereocenters. The van der Waals surface area contributed by atoms with Gasteiger partial charge in [0.15, 0.2) is 0 Å². The van der Waals surface area contributed by atoms with Crippen LogP contribution in [0.3, 0.4) is 0 Å². The van der Waals surface area contributed by atoms with E-state index in [0.717, 1.165) is 5.56 Å². The Labute approximate surface area is 154 Å². The molecule has 0 bridgehead atoms. The monoisotopic (exact) mass is 359 g/mol. The summed E-state index contributed by atoms with van der Waals surface area (Å²) in [5.41, 5.74) is 1.34. The van der Waals surface area contributed by atoms with Crippen LogP contribution >= 0.6 is 0 Å². The lowest BCUT2D eigenvalue weighted by Gasteiger charge is -2.19. The average Bonchev–Trinajstić information content (AvgIpc) is 2.67. The standard InChI is InChI=1S/C20H25NO5/c1-14(16-10-9-15(24-3)13-19(16)25-4)21-20(22)17-7-5-6-8-18(17)26-12-11-23-2/h5-10,13-14H,11-12H2,1-4H3,(H,21,22). The molecule has 0 heterocycles. The van der Waals surface area contributed by atoms with Crippen molar-refractivity contribution in [2.75, 3.05) is 34.5 Å². The highest BCUT2D eigenvalue weighted by atomic mass is 16.5. The lowest BCUT2D eigenvalue weighted by molar-refractivity contribution is 0.0931. The third-order valence-electron chi connectivity index (χ3n) is 3.93. The third-order valence-corrected chi connectivity index (χ3v) is 3.93. The second-order valence-electron chi connectivity index (χ2n) is 5.64. The molecule has 0 spiro atoms. The summed E-state index contributed by atoms with van der Waals surface area (Å²) in [4.78, 5) is 12.7. The van der Waals surface area contributed by atoms with E-state index in [-0.39, 0.29) is 11.9 Å². The van der Waals surface area contributed by atoms with Crippen LogP contribution in [0.2, 0.25) is 0 Å². The molecule has 0 radical (unpaired) electrons. The van der Waals surface area contributed by atoms with Gasteiger partial charge in [-0.25, -0.2) is 0 Å². The van der Waals surface area contributed by atoms with Gasteiger partial charge >= 0.3 is 0 Å². The third kappa shape index (κ3) is 4.89. The van der Waals surface area contributed by atoms with E-state index in [1.807, 2.05) is 25.1 Å². The second-order valence-corrected chi connectivity index (χ2v) is 5.64. The van der Waals surface area contributed by atoms with Crippen molar-refractivity contribution in [3.63, 3.8) is 0 Å². The molecule has 0 aromatic heterocycles. The van der Waals surface area contributed by atoms with Gasteiger partial charge in [0.1, 0.15) is 23.9 Å². The van der Waals surface area contributed by atoms with Gasteiger partial charge in [0, 0.05) is 18.7 Å². The number of ether oxygens (including phenoxy) is 4. The van der Waals surface area contributed by atoms with Crippen LogP contribution in [-0.4, -0.2) is 40.5 Å². The van der Waals surface area contributed by atoms with Gasteiger partial charge < -0.3 is 24.3 Å². The van der Waals surface area contributed by atoms with Crippen molar-refractivity contribution < 1.29 is 23.7 Å². The zero-order chi connectivity index (χ0) is 18.9. The molecule has 1 amide bonds. The van der Waals surface area contributed by atoms with E-state index in [2.05, 4.69) is 5.32 Å². The Bertz CT molecular complexity index is 732. The van der Waals surface area contributed by atoms with Crippen LogP contribution in [0.4, 0.5) is 0 Å². The van der Waals surface area contributed by atoms with Crippen molar-refractivity contribution in [3.8, 4) is 17.2 Å². The predicted octanol–water partition coefficient (Wildman–Crippen LogP) is 3.22. The molecule has 2 rings (SSSR count). The molecule has 2 aromatic rings. The van der Waals surface area contributed by atoms with Crippen molar-refractivity contribution in [2.24, 2.45) is 0 Å². The Hall–Kier alpha value is -2.73. The summed E-state index contributed by atoms with van der Waals surface area (Å²) in [7, 11) is 4.79. The van der Waals surface area contributed by atoms with Crippen molar-refractivity contribution in [3.05, 3.63) is 53.6 Å². The van der Waals surface area contributed by atoms with Gasteiger partial charge in [-0.2, -0.15) is 0 Å². The molecule has 140 valence electrons. The Morgan fingerprint density at radius 3 is 2.46 bits per heavy atom. The molecule has 1 N–H and O–H groups in total. The molecule has 6 nitrogen and oxygen atoms in total. The van der Waals surface area contributed by atoms with Crippen LogP contribution in [-0.2, 0) is 4.74 Å². The molecule has 0 saturated heterocycles. The van der Waals surface area contributed by atoms with Crippen molar-refractivity contribution in [1.29, 1.82) is 0 Å². The fourth-order valence-corrected chi connectivity index (χ4v) is 2.54. The van der Waals surface area contributed by atoms with Crippen LogP contribution < -0.4 is 19.5 Å². The first-order valence-electron chi connectivity index (χ1n) is 8.34. The number of carbonyl (C=O) groups is 1. The fourth-order valence-electron chi connectivity index (χ4n) is 2.54. The van der Waals surface area contributed by atoms with Gasteiger partial charge in [0.05, 0.1) is 32.4 Å². The highest BCUT2D eigenvalue weighted by Crippen LogP contribution is 2.30. The lowest BCUT2D eigenvalue weighted by Crippen LogP contribution is -2.27. The number of nitrogens with one attached hydrogen (secondary N) is 1. The average molecular weight is 359 g/mol. The first-order valence-corrected chi connectivity index (χ1v) is 8.34. The largest absolute Gasteiger partial charge is 0.497 e. The summed E-state index contributed by atoms with van der Waals surface area (Å²) in [6.07, 6.45) is 0. The molecule has 26 heavy (non-hydrogen) atoms. The summed E-state index contributed by atoms with van der Waals surface area (Å²) in [6.45, 7) is 2.73. The number of carbonyl (C=O) groups excluding carboxylic acids is 1. The van der Waals surface area contributed by atoms with E-state index < -0.39 is 0 Å². The quantitative estimate of drug-likeness (QED) is 0.697. The molecule has 0 fully saturated rings. The van der Waals surface area contributed by atoms with Crippen molar-refractivity contribution in [1.82, 2.24) is 5.32 Å². The molecule has 2 aromatic carbocycles. The SMILES string of the molecule is COCCOc1ccccc1C(=O)NC(C)c1ccc(OC)cc1OC. The highest BCUT2D eigenvalue weighted by molar-refractivity contribution is 5.97. The minimum atomic E-state index is -0.254.